The van der Waals surface area contributed by atoms with Gasteiger partial charge in [0, 0.05) is 25.2 Å². The molecule has 112 valence electrons. The number of carbonyl (C=O) groups excluding carboxylic acids is 1. The van der Waals surface area contributed by atoms with E-state index < -0.39 is 0 Å². The molecule has 0 radical (unpaired) electrons. The molecule has 0 aromatic heterocycles. The van der Waals surface area contributed by atoms with Crippen molar-refractivity contribution in [1.29, 1.82) is 5.26 Å². The topological polar surface area (TPSA) is 65.4 Å². The van der Waals surface area contributed by atoms with Gasteiger partial charge in [-0.2, -0.15) is 5.26 Å². The Hall–Kier alpha value is -1.90. The summed E-state index contributed by atoms with van der Waals surface area (Å²) in [5, 5.41) is 11.5. The monoisotopic (exact) mass is 287 g/mol. The van der Waals surface area contributed by atoms with Gasteiger partial charge in [0.2, 0.25) is 0 Å². The van der Waals surface area contributed by atoms with Gasteiger partial charge in [0.05, 0.1) is 25.7 Å². The number of morpholine rings is 1. The maximum absolute atomic E-state index is 12.0. The number of carbonyl (C=O) groups is 1. The molecule has 0 bridgehead atoms. The van der Waals surface area contributed by atoms with Gasteiger partial charge in [-0.25, -0.2) is 0 Å². The molecule has 21 heavy (non-hydrogen) atoms. The highest BCUT2D eigenvalue weighted by molar-refractivity contribution is 5.94. The lowest BCUT2D eigenvalue weighted by Gasteiger charge is -2.26. The summed E-state index contributed by atoms with van der Waals surface area (Å²) >= 11 is 0. The minimum Gasteiger partial charge on any atom is -0.379 e. The van der Waals surface area contributed by atoms with Gasteiger partial charge in [-0.05, 0) is 30.7 Å². The third kappa shape index (κ3) is 5.18. The lowest BCUT2D eigenvalue weighted by Crippen LogP contribution is -2.38. The number of benzene rings is 1. The molecule has 0 unspecified atom stereocenters. The maximum atomic E-state index is 12.0. The molecule has 1 aromatic carbocycles. The van der Waals surface area contributed by atoms with Crippen molar-refractivity contribution in [2.45, 2.75) is 12.8 Å². The normalized spacial score (nSPS) is 15.4. The van der Waals surface area contributed by atoms with Gasteiger partial charge in [0.1, 0.15) is 0 Å². The van der Waals surface area contributed by atoms with Gasteiger partial charge in [0.15, 0.2) is 0 Å². The summed E-state index contributed by atoms with van der Waals surface area (Å²) < 4.78 is 5.30. The summed E-state index contributed by atoms with van der Waals surface area (Å²) in [5.41, 5.74) is 1.57. The van der Waals surface area contributed by atoms with E-state index >= 15 is 0 Å². The van der Waals surface area contributed by atoms with Crippen molar-refractivity contribution in [3.8, 4) is 6.07 Å². The second kappa shape index (κ2) is 8.40. The molecule has 1 amide bonds. The van der Waals surface area contributed by atoms with Crippen LogP contribution in [0.3, 0.4) is 0 Å². The van der Waals surface area contributed by atoms with E-state index in [2.05, 4.69) is 16.3 Å². The number of hydrogen-bond donors (Lipinski definition) is 1. The molecule has 1 aliphatic heterocycles. The Balaban J connectivity index is 1.68. The van der Waals surface area contributed by atoms with Crippen LogP contribution < -0.4 is 5.32 Å². The van der Waals surface area contributed by atoms with Crippen molar-refractivity contribution in [1.82, 2.24) is 10.2 Å². The van der Waals surface area contributed by atoms with Crippen molar-refractivity contribution >= 4 is 5.91 Å². The van der Waals surface area contributed by atoms with E-state index in [4.69, 9.17) is 10.00 Å². The number of nitriles is 1. The number of amides is 1. The highest BCUT2D eigenvalue weighted by atomic mass is 16.5. The first-order valence-electron chi connectivity index (χ1n) is 7.34. The fourth-order valence-electron chi connectivity index (χ4n) is 2.30. The molecule has 1 aromatic rings. The second-order valence-corrected chi connectivity index (χ2v) is 5.10. The van der Waals surface area contributed by atoms with Gasteiger partial charge in [-0.15, -0.1) is 0 Å². The smallest absolute Gasteiger partial charge is 0.251 e. The minimum absolute atomic E-state index is 0.0551. The van der Waals surface area contributed by atoms with E-state index in [9.17, 15) is 4.79 Å². The molecule has 0 spiro atoms. The summed E-state index contributed by atoms with van der Waals surface area (Å²) in [7, 11) is 0. The quantitative estimate of drug-likeness (QED) is 0.799. The SMILES string of the molecule is N#CCc1ccc(C(=O)NCCCN2CCOCC2)cc1. The van der Waals surface area contributed by atoms with E-state index in [-0.39, 0.29) is 5.91 Å². The number of ether oxygens (including phenoxy) is 1. The Morgan fingerprint density at radius 3 is 2.67 bits per heavy atom. The van der Waals surface area contributed by atoms with Crippen LogP contribution in [-0.4, -0.2) is 50.2 Å². The third-order valence-corrected chi connectivity index (χ3v) is 3.54. The van der Waals surface area contributed by atoms with Gasteiger partial charge in [0.25, 0.3) is 5.91 Å². The van der Waals surface area contributed by atoms with Crippen LogP contribution in [0.4, 0.5) is 0 Å². The Bertz CT molecular complexity index is 487. The van der Waals surface area contributed by atoms with Crippen LogP contribution in [0.15, 0.2) is 24.3 Å². The Kier molecular flexibility index (Phi) is 6.20. The molecule has 0 atom stereocenters. The van der Waals surface area contributed by atoms with Crippen molar-refractivity contribution in [3.05, 3.63) is 35.4 Å². The number of nitrogens with zero attached hydrogens (tertiary/aromatic N) is 2. The molecule has 1 aliphatic rings. The van der Waals surface area contributed by atoms with Crippen molar-refractivity contribution in [2.24, 2.45) is 0 Å². The van der Waals surface area contributed by atoms with E-state index in [1.165, 1.54) is 0 Å². The van der Waals surface area contributed by atoms with Crippen molar-refractivity contribution < 1.29 is 9.53 Å². The van der Waals surface area contributed by atoms with E-state index in [1.54, 1.807) is 12.1 Å². The van der Waals surface area contributed by atoms with Crippen LogP contribution >= 0.6 is 0 Å². The van der Waals surface area contributed by atoms with Crippen LogP contribution in [0.25, 0.3) is 0 Å². The lowest BCUT2D eigenvalue weighted by atomic mass is 10.1. The zero-order valence-electron chi connectivity index (χ0n) is 12.2. The maximum Gasteiger partial charge on any atom is 0.251 e. The second-order valence-electron chi connectivity index (χ2n) is 5.10. The molecule has 2 rings (SSSR count). The van der Waals surface area contributed by atoms with Crippen molar-refractivity contribution in [3.63, 3.8) is 0 Å². The number of nitrogens with one attached hydrogen (secondary N) is 1. The van der Waals surface area contributed by atoms with Gasteiger partial charge in [-0.1, -0.05) is 12.1 Å². The molecule has 1 saturated heterocycles. The molecule has 1 N–H and O–H groups in total. The van der Waals surface area contributed by atoms with Crippen LogP contribution in [-0.2, 0) is 11.2 Å². The standard InChI is InChI=1S/C16H21N3O2/c17-7-6-14-2-4-15(5-3-14)16(20)18-8-1-9-19-10-12-21-13-11-19/h2-5H,1,6,8-13H2,(H,18,20). The Labute approximate surface area is 125 Å². The molecule has 1 fully saturated rings. The predicted molar refractivity (Wildman–Crippen MR) is 80.0 cm³/mol. The van der Waals surface area contributed by atoms with Crippen LogP contribution in [0.1, 0.15) is 22.3 Å². The largest absolute Gasteiger partial charge is 0.379 e. The lowest BCUT2D eigenvalue weighted by molar-refractivity contribution is 0.0374. The van der Waals surface area contributed by atoms with Gasteiger partial charge in [-0.3, -0.25) is 9.69 Å². The molecular weight excluding hydrogens is 266 g/mol. The molecule has 0 aliphatic carbocycles. The Morgan fingerprint density at radius 1 is 1.29 bits per heavy atom. The van der Waals surface area contributed by atoms with Crippen LogP contribution in [0.5, 0.6) is 0 Å². The molecule has 0 saturated carbocycles. The van der Waals surface area contributed by atoms with Crippen LogP contribution in [0, 0.1) is 11.3 Å². The van der Waals surface area contributed by atoms with E-state index in [0.29, 0.717) is 18.5 Å². The fourth-order valence-corrected chi connectivity index (χ4v) is 2.30. The summed E-state index contributed by atoms with van der Waals surface area (Å²) in [6, 6.07) is 9.28. The Morgan fingerprint density at radius 2 is 2.00 bits per heavy atom. The molecule has 5 nitrogen and oxygen atoms in total. The summed E-state index contributed by atoms with van der Waals surface area (Å²) in [6.45, 7) is 5.24. The first-order chi connectivity index (χ1) is 10.3. The molecule has 5 heteroatoms. The number of rotatable bonds is 6. The minimum atomic E-state index is -0.0551. The summed E-state index contributed by atoms with van der Waals surface area (Å²) in [5.74, 6) is -0.0551. The van der Waals surface area contributed by atoms with E-state index in [0.717, 1.165) is 44.8 Å². The first-order valence-corrected chi connectivity index (χ1v) is 7.34. The zero-order chi connectivity index (χ0) is 14.9. The van der Waals surface area contributed by atoms with Gasteiger partial charge < -0.3 is 10.1 Å². The first kappa shape index (κ1) is 15.5. The average molecular weight is 287 g/mol. The zero-order valence-corrected chi connectivity index (χ0v) is 12.2. The number of hydrogen-bond acceptors (Lipinski definition) is 4. The fraction of sp³-hybridized carbons (Fsp3) is 0.500. The highest BCUT2D eigenvalue weighted by Crippen LogP contribution is 2.05. The molecule has 1 heterocycles. The summed E-state index contributed by atoms with van der Waals surface area (Å²) in [6.07, 6.45) is 1.32. The summed E-state index contributed by atoms with van der Waals surface area (Å²) in [4.78, 5) is 14.3. The van der Waals surface area contributed by atoms with Crippen LogP contribution in [0.2, 0.25) is 0 Å². The average Bonchev–Trinajstić information content (AvgIpc) is 2.53. The molecular formula is C16H21N3O2. The highest BCUT2D eigenvalue weighted by Gasteiger charge is 2.10. The predicted octanol–water partition coefficient (Wildman–Crippen LogP) is 1.20. The van der Waals surface area contributed by atoms with Crippen molar-refractivity contribution in [2.75, 3.05) is 39.4 Å². The van der Waals surface area contributed by atoms with Gasteiger partial charge >= 0.3 is 0 Å². The van der Waals surface area contributed by atoms with E-state index in [1.807, 2.05) is 12.1 Å². The third-order valence-electron chi connectivity index (χ3n) is 3.54.